The molecule has 2 aliphatic carbocycles. The van der Waals surface area contributed by atoms with Crippen molar-refractivity contribution in [3.05, 3.63) is 29.3 Å². The molecule has 0 heterocycles. The molecule has 0 aliphatic heterocycles. The summed E-state index contributed by atoms with van der Waals surface area (Å²) in [5.74, 6) is 0.923. The average molecular weight is 301 g/mol. The van der Waals surface area contributed by atoms with Crippen LogP contribution >= 0.6 is 0 Å². The molecule has 3 rings (SSSR count). The average Bonchev–Trinajstić information content (AvgIpc) is 2.99. The van der Waals surface area contributed by atoms with E-state index in [9.17, 15) is 9.90 Å². The van der Waals surface area contributed by atoms with Crippen molar-refractivity contribution in [2.24, 2.45) is 11.3 Å². The topological polar surface area (TPSA) is 40.5 Å². The van der Waals surface area contributed by atoms with Crippen LogP contribution in [-0.2, 0) is 16.6 Å². The van der Waals surface area contributed by atoms with Gasteiger partial charge in [0.15, 0.2) is 0 Å². The number of amides is 1. The molecular formula is C19H27NO2. The lowest BCUT2D eigenvalue weighted by Crippen LogP contribution is -2.40. The number of phenolic OH excluding ortho intramolecular Hbond substituents is 1. The fraction of sp³-hybridized carbons (Fsp3) is 0.632. The molecule has 1 saturated carbocycles. The standard InChI is InChI=1S/C19H27NO2/c1-5-20(6-2)17(22)18(4)13(3)19(18)11-7-8-14-9-10-15(21)12-16(14)19/h9-10,12-13,21H,5-8,11H2,1-4H3/t13?,18-,19+/m1/s1. The monoisotopic (exact) mass is 301 g/mol. The summed E-state index contributed by atoms with van der Waals surface area (Å²) in [5, 5.41) is 9.95. The smallest absolute Gasteiger partial charge is 0.229 e. The summed E-state index contributed by atoms with van der Waals surface area (Å²) in [6, 6.07) is 5.72. The van der Waals surface area contributed by atoms with Gasteiger partial charge in [-0.25, -0.2) is 0 Å². The van der Waals surface area contributed by atoms with E-state index in [0.717, 1.165) is 32.4 Å². The van der Waals surface area contributed by atoms with Crippen molar-refractivity contribution in [3.8, 4) is 5.75 Å². The van der Waals surface area contributed by atoms with Crippen LogP contribution in [0.25, 0.3) is 0 Å². The Morgan fingerprint density at radius 2 is 2.05 bits per heavy atom. The second-order valence-corrected chi connectivity index (χ2v) is 7.07. The van der Waals surface area contributed by atoms with Crippen molar-refractivity contribution in [1.82, 2.24) is 4.90 Å². The molecule has 22 heavy (non-hydrogen) atoms. The molecule has 2 aliphatic rings. The molecule has 0 radical (unpaired) electrons. The molecule has 3 atom stereocenters. The third-order valence-electron chi connectivity index (χ3n) is 6.53. The number of hydrogen-bond acceptors (Lipinski definition) is 2. The Bertz CT molecular complexity index is 607. The number of nitrogens with zero attached hydrogens (tertiary/aromatic N) is 1. The van der Waals surface area contributed by atoms with Crippen LogP contribution in [0, 0.1) is 11.3 Å². The molecule has 3 nitrogen and oxygen atoms in total. The molecule has 1 aromatic rings. The van der Waals surface area contributed by atoms with Gasteiger partial charge in [0.25, 0.3) is 0 Å². The van der Waals surface area contributed by atoms with Crippen molar-refractivity contribution in [2.75, 3.05) is 13.1 Å². The van der Waals surface area contributed by atoms with Crippen molar-refractivity contribution >= 4 is 5.91 Å². The molecule has 1 N–H and O–H groups in total. The van der Waals surface area contributed by atoms with Gasteiger partial charge in [0.2, 0.25) is 5.91 Å². The molecule has 1 amide bonds. The zero-order valence-corrected chi connectivity index (χ0v) is 14.1. The van der Waals surface area contributed by atoms with Gasteiger partial charge in [-0.2, -0.15) is 0 Å². The summed E-state index contributed by atoms with van der Waals surface area (Å²) in [7, 11) is 0. The first kappa shape index (κ1) is 15.4. The van der Waals surface area contributed by atoms with Gasteiger partial charge in [0.05, 0.1) is 5.41 Å². The lowest BCUT2D eigenvalue weighted by atomic mass is 9.74. The Morgan fingerprint density at radius 1 is 1.36 bits per heavy atom. The maximum absolute atomic E-state index is 13.1. The second-order valence-electron chi connectivity index (χ2n) is 7.07. The van der Waals surface area contributed by atoms with Gasteiger partial charge >= 0.3 is 0 Å². The predicted octanol–water partition coefficient (Wildman–Crippen LogP) is 3.49. The minimum absolute atomic E-state index is 0.0843. The number of aromatic hydroxyl groups is 1. The van der Waals surface area contributed by atoms with E-state index in [2.05, 4.69) is 13.8 Å². The lowest BCUT2D eigenvalue weighted by Gasteiger charge is -2.32. The lowest BCUT2D eigenvalue weighted by molar-refractivity contribution is -0.137. The highest BCUT2D eigenvalue weighted by Crippen LogP contribution is 2.74. The molecule has 3 heteroatoms. The maximum Gasteiger partial charge on any atom is 0.229 e. The van der Waals surface area contributed by atoms with E-state index in [4.69, 9.17) is 0 Å². The number of benzene rings is 1. The van der Waals surface area contributed by atoms with E-state index in [1.54, 1.807) is 6.07 Å². The number of aryl methyl sites for hydroxylation is 1. The number of rotatable bonds is 3. The molecule has 0 aromatic heterocycles. The second kappa shape index (κ2) is 5.00. The summed E-state index contributed by atoms with van der Waals surface area (Å²) in [6.07, 6.45) is 3.23. The van der Waals surface area contributed by atoms with E-state index in [0.29, 0.717) is 11.7 Å². The zero-order chi connectivity index (χ0) is 16.1. The number of carbonyl (C=O) groups is 1. The molecule has 0 bridgehead atoms. The van der Waals surface area contributed by atoms with E-state index in [1.807, 2.05) is 30.9 Å². The van der Waals surface area contributed by atoms with Crippen LogP contribution in [0.5, 0.6) is 5.75 Å². The molecule has 1 unspecified atom stereocenters. The van der Waals surface area contributed by atoms with E-state index in [1.165, 1.54) is 11.1 Å². The van der Waals surface area contributed by atoms with Crippen LogP contribution in [0.2, 0.25) is 0 Å². The van der Waals surface area contributed by atoms with Gasteiger partial charge in [0, 0.05) is 18.5 Å². The SMILES string of the molecule is CCN(CC)C(=O)[C@@]1(C)C(C)[C@]12CCCc1ccc(O)cc12. The quantitative estimate of drug-likeness (QED) is 0.928. The molecule has 120 valence electrons. The first-order valence-electron chi connectivity index (χ1n) is 8.55. The molecule has 0 saturated heterocycles. The Hall–Kier alpha value is -1.51. The highest BCUT2D eigenvalue weighted by Gasteiger charge is 2.76. The third kappa shape index (κ3) is 1.71. The Labute approximate surface area is 133 Å². The van der Waals surface area contributed by atoms with Crippen LogP contribution in [0.1, 0.15) is 51.7 Å². The zero-order valence-electron chi connectivity index (χ0n) is 14.1. The fourth-order valence-corrected chi connectivity index (χ4v) is 5.03. The van der Waals surface area contributed by atoms with E-state index in [-0.39, 0.29) is 16.7 Å². The van der Waals surface area contributed by atoms with Crippen LogP contribution in [-0.4, -0.2) is 29.0 Å². The van der Waals surface area contributed by atoms with Crippen LogP contribution in [0.4, 0.5) is 0 Å². The van der Waals surface area contributed by atoms with Crippen LogP contribution in [0.15, 0.2) is 18.2 Å². The normalized spacial score (nSPS) is 32.6. The highest BCUT2D eigenvalue weighted by molar-refractivity contribution is 5.90. The van der Waals surface area contributed by atoms with Gasteiger partial charge in [0.1, 0.15) is 5.75 Å². The van der Waals surface area contributed by atoms with E-state index < -0.39 is 0 Å². The van der Waals surface area contributed by atoms with Gasteiger partial charge in [-0.3, -0.25) is 4.79 Å². The van der Waals surface area contributed by atoms with E-state index >= 15 is 0 Å². The molecule has 1 fully saturated rings. The first-order chi connectivity index (χ1) is 10.4. The largest absolute Gasteiger partial charge is 0.508 e. The Balaban J connectivity index is 2.07. The summed E-state index contributed by atoms with van der Waals surface area (Å²) in [6.45, 7) is 9.97. The summed E-state index contributed by atoms with van der Waals surface area (Å²) in [5.41, 5.74) is 2.11. The van der Waals surface area contributed by atoms with Gasteiger partial charge < -0.3 is 10.0 Å². The van der Waals surface area contributed by atoms with Gasteiger partial charge in [-0.05, 0) is 69.2 Å². The fourth-order valence-electron chi connectivity index (χ4n) is 5.03. The Morgan fingerprint density at radius 3 is 2.68 bits per heavy atom. The predicted molar refractivity (Wildman–Crippen MR) is 87.9 cm³/mol. The van der Waals surface area contributed by atoms with Crippen LogP contribution < -0.4 is 0 Å². The van der Waals surface area contributed by atoms with Crippen molar-refractivity contribution in [1.29, 1.82) is 0 Å². The minimum atomic E-state index is -0.331. The summed E-state index contributed by atoms with van der Waals surface area (Å²) >= 11 is 0. The molecule has 1 aromatic carbocycles. The van der Waals surface area contributed by atoms with Crippen LogP contribution in [0.3, 0.4) is 0 Å². The van der Waals surface area contributed by atoms with Crippen molar-refractivity contribution < 1.29 is 9.90 Å². The van der Waals surface area contributed by atoms with Crippen molar-refractivity contribution in [2.45, 2.75) is 52.4 Å². The number of fused-ring (bicyclic) bond motifs is 2. The molecule has 1 spiro atoms. The summed E-state index contributed by atoms with van der Waals surface area (Å²) in [4.78, 5) is 15.1. The number of phenols is 1. The number of hydrogen-bond donors (Lipinski definition) is 1. The Kier molecular flexibility index (Phi) is 3.50. The molecular weight excluding hydrogens is 274 g/mol. The first-order valence-corrected chi connectivity index (χ1v) is 8.55. The summed E-state index contributed by atoms with van der Waals surface area (Å²) < 4.78 is 0. The maximum atomic E-state index is 13.1. The highest BCUT2D eigenvalue weighted by atomic mass is 16.3. The van der Waals surface area contributed by atoms with Crippen molar-refractivity contribution in [3.63, 3.8) is 0 Å². The van der Waals surface area contributed by atoms with Gasteiger partial charge in [-0.1, -0.05) is 13.0 Å². The number of carbonyl (C=O) groups excluding carboxylic acids is 1. The third-order valence-corrected chi connectivity index (χ3v) is 6.53. The van der Waals surface area contributed by atoms with Gasteiger partial charge in [-0.15, -0.1) is 0 Å². The minimum Gasteiger partial charge on any atom is -0.508 e.